The van der Waals surface area contributed by atoms with Crippen LogP contribution in [0.1, 0.15) is 5.56 Å². The maximum atomic E-state index is 13.4. The Morgan fingerprint density at radius 1 is 1.25 bits per heavy atom. The Kier molecular flexibility index (Phi) is 4.32. The van der Waals surface area contributed by atoms with Gasteiger partial charge in [-0.25, -0.2) is 26.9 Å². The van der Waals surface area contributed by atoms with Gasteiger partial charge in [-0.15, -0.1) is 0 Å². The molecule has 0 radical (unpaired) electrons. The molecular weight excluding hydrogens is 310 g/mol. The highest BCUT2D eigenvalue weighted by Gasteiger charge is 2.18. The maximum absolute atomic E-state index is 13.4. The summed E-state index contributed by atoms with van der Waals surface area (Å²) < 4.78 is 52.4. The van der Waals surface area contributed by atoms with Crippen molar-refractivity contribution in [3.8, 4) is 0 Å². The van der Waals surface area contributed by atoms with Gasteiger partial charge in [0.05, 0.1) is 0 Å². The fourth-order valence-corrected chi connectivity index (χ4v) is 2.96. The first-order chi connectivity index (χ1) is 9.40. The second-order valence-electron chi connectivity index (χ2n) is 3.85. The van der Waals surface area contributed by atoms with E-state index in [1.807, 2.05) is 0 Å². The van der Waals surface area contributed by atoms with Crippen LogP contribution in [-0.4, -0.2) is 13.4 Å². The van der Waals surface area contributed by atoms with Crippen LogP contribution in [0.15, 0.2) is 41.4 Å². The van der Waals surface area contributed by atoms with E-state index in [1.54, 1.807) is 0 Å². The average Bonchev–Trinajstić information content (AvgIpc) is 2.40. The third kappa shape index (κ3) is 3.30. The first kappa shape index (κ1) is 14.8. The lowest BCUT2D eigenvalue weighted by Gasteiger charge is -2.08. The zero-order valence-electron chi connectivity index (χ0n) is 9.98. The normalized spacial score (nSPS) is 11.6. The van der Waals surface area contributed by atoms with Gasteiger partial charge in [-0.3, -0.25) is 0 Å². The molecule has 0 fully saturated rings. The number of sulfonamides is 1. The average molecular weight is 319 g/mol. The Balaban J connectivity index is 2.22. The van der Waals surface area contributed by atoms with Crippen molar-refractivity contribution in [2.75, 3.05) is 0 Å². The number of pyridine rings is 1. The number of rotatable bonds is 4. The summed E-state index contributed by atoms with van der Waals surface area (Å²) in [5.74, 6) is -1.36. The molecule has 0 bridgehead atoms. The van der Waals surface area contributed by atoms with Gasteiger partial charge in [0.1, 0.15) is 21.7 Å². The van der Waals surface area contributed by atoms with Crippen molar-refractivity contribution < 1.29 is 17.2 Å². The van der Waals surface area contributed by atoms with Gasteiger partial charge in [-0.1, -0.05) is 11.6 Å². The van der Waals surface area contributed by atoms with Crippen molar-refractivity contribution in [1.29, 1.82) is 0 Å². The molecule has 1 aromatic heterocycles. The number of nitrogens with one attached hydrogen (secondary N) is 1. The lowest BCUT2D eigenvalue weighted by Crippen LogP contribution is -2.24. The molecule has 0 spiro atoms. The molecule has 20 heavy (non-hydrogen) atoms. The Hall–Kier alpha value is -1.57. The van der Waals surface area contributed by atoms with Crippen molar-refractivity contribution >= 4 is 21.6 Å². The fraction of sp³-hybridized carbons (Fsp3) is 0.0833. The minimum absolute atomic E-state index is 0.103. The highest BCUT2D eigenvalue weighted by molar-refractivity contribution is 7.89. The number of aromatic nitrogens is 1. The summed E-state index contributed by atoms with van der Waals surface area (Å²) in [7, 11) is -3.95. The van der Waals surface area contributed by atoms with E-state index in [2.05, 4.69) is 9.71 Å². The first-order valence-electron chi connectivity index (χ1n) is 5.44. The summed E-state index contributed by atoms with van der Waals surface area (Å²) in [6.07, 6.45) is 1.34. The molecule has 0 saturated carbocycles. The number of nitrogens with zero attached hydrogens (tertiary/aromatic N) is 1. The third-order valence-electron chi connectivity index (χ3n) is 2.47. The minimum atomic E-state index is -3.95. The molecule has 0 amide bonds. The van der Waals surface area contributed by atoms with Gasteiger partial charge < -0.3 is 0 Å². The molecule has 0 aliphatic carbocycles. The van der Waals surface area contributed by atoms with E-state index >= 15 is 0 Å². The molecule has 4 nitrogen and oxygen atoms in total. The number of hydrogen-bond donors (Lipinski definition) is 1. The van der Waals surface area contributed by atoms with Gasteiger partial charge in [0, 0.05) is 18.3 Å². The van der Waals surface area contributed by atoms with E-state index in [1.165, 1.54) is 18.3 Å². The van der Waals surface area contributed by atoms with Gasteiger partial charge in [-0.05, 0) is 30.3 Å². The van der Waals surface area contributed by atoms with E-state index in [0.29, 0.717) is 0 Å². The zero-order valence-corrected chi connectivity index (χ0v) is 11.5. The van der Waals surface area contributed by atoms with Crippen molar-refractivity contribution in [2.45, 2.75) is 11.4 Å². The Bertz CT molecular complexity index is 738. The van der Waals surface area contributed by atoms with Gasteiger partial charge in [0.25, 0.3) is 0 Å². The van der Waals surface area contributed by atoms with Gasteiger partial charge in [-0.2, -0.15) is 0 Å². The Morgan fingerprint density at radius 3 is 2.70 bits per heavy atom. The van der Waals surface area contributed by atoms with E-state index in [0.717, 1.165) is 18.2 Å². The molecule has 0 saturated heterocycles. The summed E-state index contributed by atoms with van der Waals surface area (Å²) in [5, 5.41) is -0.195. The lowest BCUT2D eigenvalue weighted by molar-refractivity contribution is 0.567. The third-order valence-corrected chi connectivity index (χ3v) is 4.32. The predicted molar refractivity (Wildman–Crippen MR) is 69.6 cm³/mol. The molecule has 8 heteroatoms. The van der Waals surface area contributed by atoms with Gasteiger partial charge in [0.2, 0.25) is 10.0 Å². The topological polar surface area (TPSA) is 59.1 Å². The van der Waals surface area contributed by atoms with Crippen LogP contribution in [0.25, 0.3) is 0 Å². The fourth-order valence-electron chi connectivity index (χ4n) is 1.50. The smallest absolute Gasteiger partial charge is 0.243 e. The lowest BCUT2D eigenvalue weighted by atomic mass is 10.2. The zero-order chi connectivity index (χ0) is 14.8. The SMILES string of the molecule is O=S(=O)(NCc1cc(F)ccc1F)c1cccnc1Cl. The number of halogens is 3. The minimum Gasteiger partial charge on any atom is -0.243 e. The largest absolute Gasteiger partial charge is 0.243 e. The highest BCUT2D eigenvalue weighted by atomic mass is 35.5. The van der Waals surface area contributed by atoms with Crippen LogP contribution in [0.5, 0.6) is 0 Å². The molecular formula is C12H9ClF2N2O2S. The Morgan fingerprint density at radius 2 is 2.00 bits per heavy atom. The summed E-state index contributed by atoms with van der Waals surface area (Å²) in [4.78, 5) is 3.42. The van der Waals surface area contributed by atoms with Crippen molar-refractivity contribution in [3.63, 3.8) is 0 Å². The molecule has 1 N–H and O–H groups in total. The molecule has 2 rings (SSSR count). The molecule has 0 atom stereocenters. The van der Waals surface area contributed by atoms with Crippen molar-refractivity contribution in [1.82, 2.24) is 9.71 Å². The van der Waals surface area contributed by atoms with Crippen LogP contribution in [0.4, 0.5) is 8.78 Å². The van der Waals surface area contributed by atoms with Crippen molar-refractivity contribution in [3.05, 3.63) is 58.9 Å². The molecule has 1 heterocycles. The van der Waals surface area contributed by atoms with Crippen LogP contribution < -0.4 is 4.72 Å². The van der Waals surface area contributed by atoms with E-state index in [-0.39, 0.29) is 15.6 Å². The van der Waals surface area contributed by atoms with Crippen LogP contribution in [0.2, 0.25) is 5.15 Å². The van der Waals surface area contributed by atoms with Crippen LogP contribution >= 0.6 is 11.6 Å². The number of hydrogen-bond acceptors (Lipinski definition) is 3. The van der Waals surface area contributed by atoms with Crippen molar-refractivity contribution in [2.24, 2.45) is 0 Å². The monoisotopic (exact) mass is 318 g/mol. The second-order valence-corrected chi connectivity index (χ2v) is 5.95. The molecule has 0 aliphatic heterocycles. The van der Waals surface area contributed by atoms with E-state index < -0.39 is 28.2 Å². The molecule has 106 valence electrons. The van der Waals surface area contributed by atoms with Crippen LogP contribution in [0, 0.1) is 11.6 Å². The predicted octanol–water partition coefficient (Wildman–Crippen LogP) is 2.49. The summed E-state index contributed by atoms with van der Waals surface area (Å²) in [6.45, 7) is -0.392. The second kappa shape index (κ2) is 5.82. The van der Waals surface area contributed by atoms with E-state index in [4.69, 9.17) is 11.6 Å². The van der Waals surface area contributed by atoms with Crippen LogP contribution in [0.3, 0.4) is 0 Å². The van der Waals surface area contributed by atoms with Crippen LogP contribution in [-0.2, 0) is 16.6 Å². The number of benzene rings is 1. The summed E-state index contributed by atoms with van der Waals surface area (Å²) in [6, 6.07) is 5.47. The highest BCUT2D eigenvalue weighted by Crippen LogP contribution is 2.18. The molecule has 1 aromatic carbocycles. The molecule has 2 aromatic rings. The van der Waals surface area contributed by atoms with Gasteiger partial charge in [0.15, 0.2) is 0 Å². The van der Waals surface area contributed by atoms with Gasteiger partial charge >= 0.3 is 0 Å². The first-order valence-corrected chi connectivity index (χ1v) is 7.30. The summed E-state index contributed by atoms with van der Waals surface area (Å²) >= 11 is 5.68. The van der Waals surface area contributed by atoms with E-state index in [9.17, 15) is 17.2 Å². The molecule has 0 aliphatic rings. The quantitative estimate of drug-likeness (QED) is 0.881. The Labute approximate surface area is 119 Å². The molecule has 0 unspecified atom stereocenters. The standard InChI is InChI=1S/C12H9ClF2N2O2S/c13-12-11(2-1-5-16-12)20(18,19)17-7-8-6-9(14)3-4-10(8)15/h1-6,17H,7H2. The summed E-state index contributed by atoms with van der Waals surface area (Å²) in [5.41, 5.74) is -0.103. The maximum Gasteiger partial charge on any atom is 0.243 e.